The number of nitrogen functional groups attached to an aromatic ring is 1. The zero-order chi connectivity index (χ0) is 27.7. The van der Waals surface area contributed by atoms with Gasteiger partial charge in [0, 0.05) is 17.6 Å². The van der Waals surface area contributed by atoms with Crippen molar-refractivity contribution < 1.29 is 17.9 Å². The van der Waals surface area contributed by atoms with Gasteiger partial charge in [-0.25, -0.2) is 14.7 Å². The van der Waals surface area contributed by atoms with Crippen molar-refractivity contribution in [2.75, 3.05) is 23.8 Å². The highest BCUT2D eigenvalue weighted by Crippen LogP contribution is 2.40. The number of nitrogens with one attached hydrogen (secondary N) is 1. The number of amides is 1. The van der Waals surface area contributed by atoms with Gasteiger partial charge in [0.25, 0.3) is 15.9 Å². The molecule has 1 aromatic carbocycles. The maximum absolute atomic E-state index is 13.4. The lowest BCUT2D eigenvalue weighted by atomic mass is 9.90. The lowest BCUT2D eigenvalue weighted by Gasteiger charge is -2.36. The molecule has 3 aromatic rings. The van der Waals surface area contributed by atoms with Crippen LogP contribution < -0.4 is 20.1 Å². The van der Waals surface area contributed by atoms with Crippen LogP contribution in [0.4, 0.5) is 11.6 Å². The van der Waals surface area contributed by atoms with Gasteiger partial charge >= 0.3 is 0 Å². The Bertz CT molecular complexity index is 1460. The highest BCUT2D eigenvalue weighted by molar-refractivity contribution is 7.90. The van der Waals surface area contributed by atoms with Crippen LogP contribution in [0.25, 0.3) is 11.3 Å². The predicted molar refractivity (Wildman–Crippen MR) is 149 cm³/mol. The highest BCUT2D eigenvalue weighted by Gasteiger charge is 2.41. The summed E-state index contributed by atoms with van der Waals surface area (Å²) >= 11 is 6.32. The summed E-state index contributed by atoms with van der Waals surface area (Å²) in [6.45, 7) is 9.53. The molecule has 3 heterocycles. The summed E-state index contributed by atoms with van der Waals surface area (Å²) in [4.78, 5) is 24.2. The fourth-order valence-corrected chi connectivity index (χ4v) is 5.51. The second-order valence-corrected chi connectivity index (χ2v) is 11.9. The molecule has 0 radical (unpaired) electrons. The molecule has 38 heavy (non-hydrogen) atoms. The third kappa shape index (κ3) is 5.56. The van der Waals surface area contributed by atoms with E-state index >= 15 is 0 Å². The molecule has 0 saturated carbocycles. The number of rotatable bonds is 8. The normalized spacial score (nSPS) is 16.9. The standard InChI is InChI=1S/C27H32ClN5O4S/c1-5-15-37-22-16-18(9-11-20(22)28)21-12-10-19(25(30-21)33-14-13-17(2)27(33,3)4)26(34)32-38(35,36)24-8-6-7-23(29)31-24/h6-12,16-17H,5,13-15H2,1-4H3,(H2,29,31)(H,32,34). The number of carbonyl (C=O) groups excluding carboxylic acids is 1. The van der Waals surface area contributed by atoms with Crippen molar-refractivity contribution >= 4 is 39.2 Å². The molecule has 3 N–H and O–H groups in total. The number of benzene rings is 1. The maximum atomic E-state index is 13.4. The first-order valence-electron chi connectivity index (χ1n) is 12.4. The number of sulfonamides is 1. The number of anilines is 2. The number of carbonyl (C=O) groups is 1. The predicted octanol–water partition coefficient (Wildman–Crippen LogP) is 4.91. The Morgan fingerprint density at radius 3 is 2.63 bits per heavy atom. The molecule has 1 atom stereocenters. The first kappa shape index (κ1) is 27.7. The van der Waals surface area contributed by atoms with Crippen LogP contribution in [0.5, 0.6) is 5.75 Å². The maximum Gasteiger partial charge on any atom is 0.281 e. The van der Waals surface area contributed by atoms with E-state index in [0.717, 1.165) is 18.4 Å². The van der Waals surface area contributed by atoms with E-state index in [2.05, 4.69) is 35.4 Å². The molecule has 11 heteroatoms. The van der Waals surface area contributed by atoms with Gasteiger partial charge in [-0.2, -0.15) is 8.42 Å². The molecule has 202 valence electrons. The second-order valence-electron chi connectivity index (χ2n) is 9.89. The molecule has 1 aliphatic rings. The molecular weight excluding hydrogens is 526 g/mol. The number of nitrogens with two attached hydrogens (primary N) is 1. The number of hydrogen-bond acceptors (Lipinski definition) is 8. The molecule has 0 bridgehead atoms. The van der Waals surface area contributed by atoms with Crippen LogP contribution in [-0.4, -0.2) is 43.0 Å². The quantitative estimate of drug-likeness (QED) is 0.400. The summed E-state index contributed by atoms with van der Waals surface area (Å²) in [5.74, 6) is 0.503. The molecule has 0 spiro atoms. The number of halogens is 1. The summed E-state index contributed by atoms with van der Waals surface area (Å²) in [6.07, 6.45) is 1.74. The van der Waals surface area contributed by atoms with Crippen molar-refractivity contribution in [3.63, 3.8) is 0 Å². The van der Waals surface area contributed by atoms with Gasteiger partial charge in [-0.15, -0.1) is 0 Å². The topological polar surface area (TPSA) is 128 Å². The summed E-state index contributed by atoms with van der Waals surface area (Å²) in [6, 6.07) is 12.9. The van der Waals surface area contributed by atoms with Crippen LogP contribution in [0.2, 0.25) is 5.02 Å². The number of aromatic nitrogens is 2. The van der Waals surface area contributed by atoms with Crippen LogP contribution in [0.3, 0.4) is 0 Å². The molecule has 1 saturated heterocycles. The second kappa shape index (κ2) is 10.8. The van der Waals surface area contributed by atoms with Crippen LogP contribution >= 0.6 is 11.6 Å². The molecular formula is C27H32ClN5O4S. The average Bonchev–Trinajstić information content (AvgIpc) is 3.14. The third-order valence-electron chi connectivity index (χ3n) is 7.00. The molecule has 1 unspecified atom stereocenters. The van der Waals surface area contributed by atoms with E-state index in [4.69, 9.17) is 27.1 Å². The Labute approximate surface area is 228 Å². The average molecular weight is 558 g/mol. The highest BCUT2D eigenvalue weighted by atomic mass is 35.5. The number of pyridine rings is 2. The number of nitrogens with zero attached hydrogens (tertiary/aromatic N) is 3. The summed E-state index contributed by atoms with van der Waals surface area (Å²) in [5.41, 5.74) is 6.83. The van der Waals surface area contributed by atoms with E-state index in [-0.39, 0.29) is 21.9 Å². The molecule has 9 nitrogen and oxygen atoms in total. The van der Waals surface area contributed by atoms with Crippen molar-refractivity contribution in [2.45, 2.75) is 51.1 Å². The monoisotopic (exact) mass is 557 g/mol. The van der Waals surface area contributed by atoms with Crippen molar-refractivity contribution in [3.05, 3.63) is 59.1 Å². The third-order valence-corrected chi connectivity index (χ3v) is 8.54. The van der Waals surface area contributed by atoms with Crippen LogP contribution in [0, 0.1) is 5.92 Å². The van der Waals surface area contributed by atoms with Gasteiger partial charge < -0.3 is 15.4 Å². The van der Waals surface area contributed by atoms with Crippen LogP contribution in [0.15, 0.2) is 53.6 Å². The van der Waals surface area contributed by atoms with E-state index in [1.165, 1.54) is 18.2 Å². The number of ether oxygens (including phenoxy) is 1. The minimum atomic E-state index is -4.26. The number of hydrogen-bond donors (Lipinski definition) is 2. The van der Waals surface area contributed by atoms with Gasteiger partial charge in [0.15, 0.2) is 5.03 Å². The summed E-state index contributed by atoms with van der Waals surface area (Å²) in [7, 11) is -4.26. The fraction of sp³-hybridized carbons (Fsp3) is 0.370. The first-order valence-corrected chi connectivity index (χ1v) is 14.3. The summed E-state index contributed by atoms with van der Waals surface area (Å²) < 4.78 is 33.7. The van der Waals surface area contributed by atoms with E-state index in [9.17, 15) is 13.2 Å². The van der Waals surface area contributed by atoms with Crippen LogP contribution in [-0.2, 0) is 10.0 Å². The zero-order valence-corrected chi connectivity index (χ0v) is 23.4. The van der Waals surface area contributed by atoms with E-state index in [0.29, 0.717) is 41.4 Å². The van der Waals surface area contributed by atoms with Crippen molar-refractivity contribution in [1.29, 1.82) is 0 Å². The zero-order valence-electron chi connectivity index (χ0n) is 21.9. The van der Waals surface area contributed by atoms with E-state index in [1.807, 2.05) is 19.1 Å². The Balaban J connectivity index is 1.77. The van der Waals surface area contributed by atoms with Gasteiger partial charge in [-0.3, -0.25) is 4.79 Å². The molecule has 2 aromatic heterocycles. The van der Waals surface area contributed by atoms with E-state index in [1.54, 1.807) is 18.2 Å². The lowest BCUT2D eigenvalue weighted by molar-refractivity contribution is 0.0981. The van der Waals surface area contributed by atoms with Crippen LogP contribution in [0.1, 0.15) is 50.9 Å². The lowest BCUT2D eigenvalue weighted by Crippen LogP contribution is -2.43. The van der Waals surface area contributed by atoms with E-state index < -0.39 is 15.9 Å². The van der Waals surface area contributed by atoms with Gasteiger partial charge in [0.1, 0.15) is 17.4 Å². The minimum absolute atomic E-state index is 0.0325. The molecule has 1 fully saturated rings. The molecule has 4 rings (SSSR count). The van der Waals surface area contributed by atoms with Crippen molar-refractivity contribution in [3.8, 4) is 17.0 Å². The molecule has 1 aliphatic heterocycles. The molecule has 0 aliphatic carbocycles. The van der Waals surface area contributed by atoms with Crippen molar-refractivity contribution in [1.82, 2.24) is 14.7 Å². The molecule has 1 amide bonds. The SMILES string of the molecule is CCCOc1cc(-c2ccc(C(=O)NS(=O)(=O)c3cccc(N)n3)c(N3CCC(C)C3(C)C)n2)ccc1Cl. The largest absolute Gasteiger partial charge is 0.492 e. The smallest absolute Gasteiger partial charge is 0.281 e. The fourth-order valence-electron chi connectivity index (χ4n) is 4.40. The van der Waals surface area contributed by atoms with Crippen molar-refractivity contribution in [2.24, 2.45) is 5.92 Å². The Kier molecular flexibility index (Phi) is 7.85. The Morgan fingerprint density at radius 2 is 1.97 bits per heavy atom. The minimum Gasteiger partial charge on any atom is -0.492 e. The van der Waals surface area contributed by atoms with Gasteiger partial charge in [-0.05, 0) is 69.0 Å². The van der Waals surface area contributed by atoms with Gasteiger partial charge in [-0.1, -0.05) is 37.6 Å². The van der Waals surface area contributed by atoms with Gasteiger partial charge in [0.2, 0.25) is 0 Å². The first-order chi connectivity index (χ1) is 17.9. The summed E-state index contributed by atoms with van der Waals surface area (Å²) in [5, 5.41) is 0.154. The van der Waals surface area contributed by atoms with Gasteiger partial charge in [0.05, 0.1) is 22.9 Å². The Morgan fingerprint density at radius 1 is 1.21 bits per heavy atom. The Hall–Kier alpha value is -3.37.